The van der Waals surface area contributed by atoms with Crippen molar-refractivity contribution in [2.45, 2.75) is 25.8 Å². The van der Waals surface area contributed by atoms with Gasteiger partial charge in [0, 0.05) is 11.4 Å². The largest absolute Gasteiger partial charge is 0.462 e. The minimum absolute atomic E-state index is 0.147. The van der Waals surface area contributed by atoms with Crippen LogP contribution in [-0.2, 0) is 14.8 Å². The van der Waals surface area contributed by atoms with Crippen molar-refractivity contribution >= 4 is 33.3 Å². The number of H-pyrrole nitrogens is 1. The van der Waals surface area contributed by atoms with Crippen LogP contribution < -0.4 is 10.0 Å². The van der Waals surface area contributed by atoms with Crippen molar-refractivity contribution in [1.29, 1.82) is 0 Å². The molecule has 9 nitrogen and oxygen atoms in total. The van der Waals surface area contributed by atoms with E-state index in [0.717, 1.165) is 17.3 Å². The van der Waals surface area contributed by atoms with Crippen LogP contribution in [0.15, 0.2) is 53.7 Å². The lowest BCUT2D eigenvalue weighted by atomic mass is 10.1. The number of aromatic amines is 1. The Hall–Kier alpha value is -3.66. The summed E-state index contributed by atoms with van der Waals surface area (Å²) in [6, 6.07) is 11.3. The van der Waals surface area contributed by atoms with E-state index in [9.17, 15) is 18.0 Å². The number of carbonyl (C=O) groups is 2. The third-order valence-corrected chi connectivity index (χ3v) is 5.60. The van der Waals surface area contributed by atoms with E-state index >= 15 is 0 Å². The van der Waals surface area contributed by atoms with Crippen molar-refractivity contribution in [2.24, 2.45) is 0 Å². The maximum atomic E-state index is 12.8. The molecule has 0 saturated heterocycles. The number of rotatable bonds is 7. The van der Waals surface area contributed by atoms with Crippen LogP contribution >= 0.6 is 0 Å². The molecule has 0 bridgehead atoms. The molecule has 3 N–H and O–H groups in total. The van der Waals surface area contributed by atoms with Crippen molar-refractivity contribution in [3.8, 4) is 0 Å². The van der Waals surface area contributed by atoms with Crippen LogP contribution in [0.25, 0.3) is 0 Å². The van der Waals surface area contributed by atoms with Crippen LogP contribution in [0, 0.1) is 13.8 Å². The van der Waals surface area contributed by atoms with Gasteiger partial charge in [0.1, 0.15) is 0 Å². The van der Waals surface area contributed by atoms with Gasteiger partial charge in [0.05, 0.1) is 23.9 Å². The van der Waals surface area contributed by atoms with E-state index in [1.807, 2.05) is 19.9 Å². The summed E-state index contributed by atoms with van der Waals surface area (Å²) in [4.78, 5) is 24.4. The standard InChI is InChI=1S/C21H22N4O5S/c1-4-30-21(27)15-5-7-16(8-6-15)23-19(26)18-12-22-24-20(18)31(28,29)25-17-10-13(2)9-14(3)11-17/h5-12,25H,4H2,1-3H3,(H,22,24)(H,23,26). The number of anilines is 2. The van der Waals surface area contributed by atoms with Gasteiger partial charge in [-0.2, -0.15) is 13.5 Å². The zero-order valence-electron chi connectivity index (χ0n) is 17.2. The van der Waals surface area contributed by atoms with Crippen LogP contribution in [0.1, 0.15) is 38.8 Å². The van der Waals surface area contributed by atoms with Gasteiger partial charge in [0.25, 0.3) is 15.9 Å². The molecule has 0 atom stereocenters. The fourth-order valence-electron chi connectivity index (χ4n) is 2.98. The highest BCUT2D eigenvalue weighted by molar-refractivity contribution is 7.92. The molecular weight excluding hydrogens is 420 g/mol. The Bertz CT molecular complexity index is 1200. The van der Waals surface area contributed by atoms with Crippen molar-refractivity contribution in [3.05, 3.63) is 70.9 Å². The smallest absolute Gasteiger partial charge is 0.338 e. The highest BCUT2D eigenvalue weighted by Crippen LogP contribution is 2.21. The van der Waals surface area contributed by atoms with Crippen molar-refractivity contribution < 1.29 is 22.7 Å². The number of ether oxygens (including phenoxy) is 1. The van der Waals surface area contributed by atoms with Crippen LogP contribution in [-0.4, -0.2) is 37.1 Å². The molecule has 3 aromatic rings. The van der Waals surface area contributed by atoms with Crippen molar-refractivity contribution in [1.82, 2.24) is 10.2 Å². The number of esters is 1. The summed E-state index contributed by atoms with van der Waals surface area (Å²) in [7, 11) is -4.09. The third kappa shape index (κ3) is 5.28. The molecule has 1 amide bonds. The van der Waals surface area contributed by atoms with Gasteiger partial charge in [-0.25, -0.2) is 4.79 Å². The maximum Gasteiger partial charge on any atom is 0.338 e. The molecule has 162 valence electrons. The number of benzene rings is 2. The Balaban J connectivity index is 1.78. The topological polar surface area (TPSA) is 130 Å². The van der Waals surface area contributed by atoms with Gasteiger partial charge in [-0.1, -0.05) is 6.07 Å². The predicted octanol–water partition coefficient (Wildman–Crippen LogP) is 3.26. The van der Waals surface area contributed by atoms with Gasteiger partial charge in [-0.15, -0.1) is 0 Å². The lowest BCUT2D eigenvalue weighted by Gasteiger charge is -2.10. The predicted molar refractivity (Wildman–Crippen MR) is 116 cm³/mol. The van der Waals surface area contributed by atoms with Gasteiger partial charge < -0.3 is 10.1 Å². The van der Waals surface area contributed by atoms with E-state index in [1.54, 1.807) is 19.1 Å². The number of aromatic nitrogens is 2. The molecule has 10 heteroatoms. The normalized spacial score (nSPS) is 11.1. The molecule has 2 aromatic carbocycles. The molecule has 0 saturated carbocycles. The fourth-order valence-corrected chi connectivity index (χ4v) is 4.12. The first-order chi connectivity index (χ1) is 14.7. The van der Waals surface area contributed by atoms with E-state index in [2.05, 4.69) is 20.2 Å². The zero-order valence-corrected chi connectivity index (χ0v) is 18.0. The summed E-state index contributed by atoms with van der Waals surface area (Å²) in [6.07, 6.45) is 1.14. The number of sulfonamides is 1. The SMILES string of the molecule is CCOC(=O)c1ccc(NC(=O)c2cn[nH]c2S(=O)(=O)Nc2cc(C)cc(C)c2)cc1. The maximum absolute atomic E-state index is 12.8. The molecule has 0 fully saturated rings. The van der Waals surface area contributed by atoms with Gasteiger partial charge in [-0.3, -0.25) is 14.6 Å². The van der Waals surface area contributed by atoms with Crippen LogP contribution in [0.4, 0.5) is 11.4 Å². The van der Waals surface area contributed by atoms with E-state index in [0.29, 0.717) is 16.9 Å². The molecule has 0 unspecified atom stereocenters. The second-order valence-corrected chi connectivity index (χ2v) is 8.47. The first-order valence-corrected chi connectivity index (χ1v) is 10.9. The zero-order chi connectivity index (χ0) is 22.6. The number of nitrogens with one attached hydrogen (secondary N) is 3. The quantitative estimate of drug-likeness (QED) is 0.482. The van der Waals surface area contributed by atoms with Gasteiger partial charge in [0.2, 0.25) is 0 Å². The summed E-state index contributed by atoms with van der Waals surface area (Å²) in [5.74, 6) is -1.14. The van der Waals surface area contributed by atoms with Crippen LogP contribution in [0.2, 0.25) is 0 Å². The number of nitrogens with zero attached hydrogens (tertiary/aromatic N) is 1. The summed E-state index contributed by atoms with van der Waals surface area (Å²) in [5.41, 5.74) is 2.74. The van der Waals surface area contributed by atoms with E-state index in [4.69, 9.17) is 4.74 Å². The van der Waals surface area contributed by atoms with Crippen LogP contribution in [0.5, 0.6) is 0 Å². The molecule has 1 heterocycles. The highest BCUT2D eigenvalue weighted by Gasteiger charge is 2.25. The van der Waals surface area contributed by atoms with Crippen molar-refractivity contribution in [2.75, 3.05) is 16.6 Å². The Morgan fingerprint density at radius 2 is 1.68 bits per heavy atom. The molecule has 0 radical (unpaired) electrons. The molecule has 3 rings (SSSR count). The Morgan fingerprint density at radius 1 is 1.03 bits per heavy atom. The molecule has 1 aromatic heterocycles. The Morgan fingerprint density at radius 3 is 2.29 bits per heavy atom. The second kappa shape index (κ2) is 9.00. The van der Waals surface area contributed by atoms with E-state index < -0.39 is 21.9 Å². The fraction of sp³-hybridized carbons (Fsp3) is 0.190. The average Bonchev–Trinajstić information content (AvgIpc) is 3.19. The average molecular weight is 442 g/mol. The third-order valence-electron chi connectivity index (χ3n) is 4.25. The minimum atomic E-state index is -4.09. The number of amides is 1. The molecule has 0 aliphatic rings. The summed E-state index contributed by atoms with van der Waals surface area (Å²) in [5, 5.41) is 8.34. The summed E-state index contributed by atoms with van der Waals surface area (Å²) in [6.45, 7) is 5.67. The molecule has 0 aliphatic heterocycles. The van der Waals surface area contributed by atoms with Gasteiger partial charge in [-0.05, 0) is 68.3 Å². The summed E-state index contributed by atoms with van der Waals surface area (Å²) < 4.78 is 33.0. The van der Waals surface area contributed by atoms with Crippen molar-refractivity contribution in [3.63, 3.8) is 0 Å². The van der Waals surface area contributed by atoms with Gasteiger partial charge in [0.15, 0.2) is 5.03 Å². The number of aryl methyl sites for hydroxylation is 2. The molecule has 31 heavy (non-hydrogen) atoms. The highest BCUT2D eigenvalue weighted by atomic mass is 32.2. The Labute approximate surface area is 179 Å². The lowest BCUT2D eigenvalue weighted by molar-refractivity contribution is 0.0526. The monoisotopic (exact) mass is 442 g/mol. The molecule has 0 aliphatic carbocycles. The van der Waals surface area contributed by atoms with Gasteiger partial charge >= 0.3 is 5.97 Å². The first-order valence-electron chi connectivity index (χ1n) is 9.42. The summed E-state index contributed by atoms with van der Waals surface area (Å²) >= 11 is 0. The molecule has 0 spiro atoms. The molecular formula is C21H22N4O5S. The van der Waals surface area contributed by atoms with Crippen LogP contribution in [0.3, 0.4) is 0 Å². The number of carbonyl (C=O) groups excluding carboxylic acids is 2. The minimum Gasteiger partial charge on any atom is -0.462 e. The number of hydrogen-bond donors (Lipinski definition) is 3. The van der Waals surface area contributed by atoms with E-state index in [-0.39, 0.29) is 17.2 Å². The lowest BCUT2D eigenvalue weighted by Crippen LogP contribution is -2.20. The second-order valence-electron chi connectivity index (χ2n) is 6.85. The van der Waals surface area contributed by atoms with E-state index in [1.165, 1.54) is 24.3 Å². The Kier molecular flexibility index (Phi) is 6.40. The number of hydrogen-bond acceptors (Lipinski definition) is 6. The first kappa shape index (κ1) is 22.0.